The Bertz CT molecular complexity index is 881. The number of aromatic nitrogens is 1. The number of benzene rings is 2. The second-order valence-electron chi connectivity index (χ2n) is 4.71. The van der Waals surface area contributed by atoms with Crippen LogP contribution in [-0.4, -0.2) is 35.7 Å². The van der Waals surface area contributed by atoms with E-state index in [0.29, 0.717) is 16.8 Å². The van der Waals surface area contributed by atoms with Gasteiger partial charge in [-0.3, -0.25) is 0 Å². The van der Waals surface area contributed by atoms with Crippen LogP contribution in [0.2, 0.25) is 0 Å². The highest BCUT2D eigenvalue weighted by Gasteiger charge is 2.16. The number of nitrogens with one attached hydrogen (secondary N) is 1. The van der Waals surface area contributed by atoms with Crippen LogP contribution in [0.15, 0.2) is 36.4 Å². The third kappa shape index (κ3) is 2.24. The second-order valence-corrected chi connectivity index (χ2v) is 4.71. The lowest BCUT2D eigenvalue weighted by Gasteiger charge is -2.05. The van der Waals surface area contributed by atoms with E-state index < -0.39 is 18.5 Å². The van der Waals surface area contributed by atoms with Crippen molar-refractivity contribution in [3.8, 4) is 5.75 Å². The summed E-state index contributed by atoms with van der Waals surface area (Å²) >= 11 is 0. The molecule has 0 unspecified atom stereocenters. The number of para-hydroxylation sites is 1. The molecule has 3 rings (SSSR count). The molecule has 6 nitrogen and oxygen atoms in total. The molecule has 6 heteroatoms. The number of ether oxygens (including phenoxy) is 2. The maximum atomic E-state index is 11.9. The van der Waals surface area contributed by atoms with Crippen molar-refractivity contribution >= 4 is 33.7 Å². The van der Waals surface area contributed by atoms with Crippen molar-refractivity contribution < 1.29 is 24.2 Å². The Morgan fingerprint density at radius 3 is 2.68 bits per heavy atom. The number of methoxy groups -OCH3 is 1. The third-order valence-electron chi connectivity index (χ3n) is 3.38. The molecule has 1 heterocycles. The highest BCUT2D eigenvalue weighted by molar-refractivity contribution is 6.15. The Labute approximate surface area is 125 Å². The number of esters is 1. The summed E-state index contributed by atoms with van der Waals surface area (Å²) in [4.78, 5) is 25.7. The van der Waals surface area contributed by atoms with Gasteiger partial charge in [-0.2, -0.15) is 0 Å². The van der Waals surface area contributed by atoms with Gasteiger partial charge in [-0.1, -0.05) is 18.2 Å². The van der Waals surface area contributed by atoms with E-state index >= 15 is 0 Å². The number of carbonyl (C=O) groups excluding carboxylic acids is 1. The normalized spacial score (nSPS) is 10.8. The van der Waals surface area contributed by atoms with Gasteiger partial charge in [0.05, 0.1) is 23.7 Å². The minimum atomic E-state index is -1.05. The molecule has 0 radical (unpaired) electrons. The average Bonchev–Trinajstić information content (AvgIpc) is 2.91. The van der Waals surface area contributed by atoms with E-state index in [0.717, 1.165) is 16.3 Å². The van der Waals surface area contributed by atoms with Gasteiger partial charge in [0.25, 0.3) is 0 Å². The maximum Gasteiger partial charge on any atom is 0.341 e. The van der Waals surface area contributed by atoms with Crippen LogP contribution < -0.4 is 4.74 Å². The van der Waals surface area contributed by atoms with Gasteiger partial charge in [0.15, 0.2) is 6.61 Å². The fraction of sp³-hybridized carbons (Fsp3) is 0.125. The predicted octanol–water partition coefficient (Wildman–Crippen LogP) is 2.57. The molecule has 0 spiro atoms. The summed E-state index contributed by atoms with van der Waals surface area (Å²) in [6.45, 7) is -0.428. The Morgan fingerprint density at radius 1 is 1.18 bits per heavy atom. The summed E-state index contributed by atoms with van der Waals surface area (Å²) in [6, 6.07) is 10.5. The molecule has 22 heavy (non-hydrogen) atoms. The summed E-state index contributed by atoms with van der Waals surface area (Å²) in [6.07, 6.45) is 0. The van der Waals surface area contributed by atoms with Crippen molar-refractivity contribution in [3.05, 3.63) is 42.0 Å². The van der Waals surface area contributed by atoms with Gasteiger partial charge >= 0.3 is 11.9 Å². The molecule has 0 saturated carbocycles. The average molecular weight is 299 g/mol. The molecule has 2 aromatic carbocycles. The fourth-order valence-electron chi connectivity index (χ4n) is 2.48. The molecular weight excluding hydrogens is 286 g/mol. The molecule has 0 saturated heterocycles. The number of hydrogen-bond donors (Lipinski definition) is 2. The van der Waals surface area contributed by atoms with Crippen LogP contribution in [0.4, 0.5) is 0 Å². The molecule has 2 N–H and O–H groups in total. The van der Waals surface area contributed by atoms with E-state index in [-0.39, 0.29) is 0 Å². The van der Waals surface area contributed by atoms with Crippen LogP contribution in [0.25, 0.3) is 21.8 Å². The highest BCUT2D eigenvalue weighted by Crippen LogP contribution is 2.34. The van der Waals surface area contributed by atoms with Crippen LogP contribution in [0.1, 0.15) is 10.4 Å². The minimum absolute atomic E-state index is 0.417. The zero-order valence-electron chi connectivity index (χ0n) is 11.8. The standard InChI is InChI=1S/C16H13NO5/c1-21-16(20)10-5-2-4-9-14-11(17-15(9)10)6-3-7-12(14)22-8-13(18)19/h2-7,17H,8H2,1H3,(H,18,19). The van der Waals surface area contributed by atoms with Gasteiger partial charge in [0.1, 0.15) is 5.75 Å². The number of fused-ring (bicyclic) bond motifs is 3. The van der Waals surface area contributed by atoms with E-state index in [2.05, 4.69) is 4.98 Å². The quantitative estimate of drug-likeness (QED) is 0.723. The van der Waals surface area contributed by atoms with E-state index in [4.69, 9.17) is 14.6 Å². The molecule has 3 aromatic rings. The molecule has 0 bridgehead atoms. The lowest BCUT2D eigenvalue weighted by Crippen LogP contribution is -2.09. The fourth-order valence-corrected chi connectivity index (χ4v) is 2.48. The molecule has 0 aliphatic heterocycles. The number of carboxylic acids is 1. The van der Waals surface area contributed by atoms with E-state index in [1.807, 2.05) is 12.1 Å². The van der Waals surface area contributed by atoms with E-state index in [9.17, 15) is 9.59 Å². The lowest BCUT2D eigenvalue weighted by atomic mass is 10.1. The first kappa shape index (κ1) is 13.9. The number of carbonyl (C=O) groups is 2. The summed E-state index contributed by atoms with van der Waals surface area (Å²) in [7, 11) is 1.32. The lowest BCUT2D eigenvalue weighted by molar-refractivity contribution is -0.139. The zero-order valence-corrected chi connectivity index (χ0v) is 11.8. The first-order valence-electron chi connectivity index (χ1n) is 6.58. The molecule has 0 fully saturated rings. The van der Waals surface area contributed by atoms with Gasteiger partial charge in [-0.05, 0) is 18.2 Å². The molecule has 0 atom stereocenters. The highest BCUT2D eigenvalue weighted by atomic mass is 16.5. The molecule has 112 valence electrons. The second kappa shape index (κ2) is 5.40. The Balaban J connectivity index is 2.24. The summed E-state index contributed by atoms with van der Waals surface area (Å²) in [5, 5.41) is 10.3. The summed E-state index contributed by atoms with van der Waals surface area (Å²) in [5.41, 5.74) is 1.81. The van der Waals surface area contributed by atoms with Crippen molar-refractivity contribution in [1.29, 1.82) is 0 Å². The van der Waals surface area contributed by atoms with Gasteiger partial charge in [0, 0.05) is 10.8 Å². The predicted molar refractivity (Wildman–Crippen MR) is 80.3 cm³/mol. The van der Waals surface area contributed by atoms with Crippen molar-refractivity contribution in [2.75, 3.05) is 13.7 Å². The van der Waals surface area contributed by atoms with Crippen LogP contribution in [-0.2, 0) is 9.53 Å². The Morgan fingerprint density at radius 2 is 1.95 bits per heavy atom. The topological polar surface area (TPSA) is 88.6 Å². The molecule has 0 aliphatic carbocycles. The SMILES string of the molecule is COC(=O)c1cccc2c1[nH]c1cccc(OCC(=O)O)c12. The van der Waals surface area contributed by atoms with Crippen LogP contribution in [0.5, 0.6) is 5.75 Å². The largest absolute Gasteiger partial charge is 0.481 e. The monoisotopic (exact) mass is 299 g/mol. The minimum Gasteiger partial charge on any atom is -0.481 e. The van der Waals surface area contributed by atoms with E-state index in [1.54, 1.807) is 24.3 Å². The van der Waals surface area contributed by atoms with Crippen LogP contribution >= 0.6 is 0 Å². The number of H-pyrrole nitrogens is 1. The van der Waals surface area contributed by atoms with Gasteiger partial charge in [-0.15, -0.1) is 0 Å². The maximum absolute atomic E-state index is 11.9. The Kier molecular flexibility index (Phi) is 3.42. The number of rotatable bonds is 4. The number of carboxylic acid groups (broad SMARTS) is 1. The molecular formula is C16H13NO5. The number of aliphatic carboxylic acids is 1. The summed E-state index contributed by atoms with van der Waals surface area (Å²) in [5.74, 6) is -1.04. The van der Waals surface area contributed by atoms with E-state index in [1.165, 1.54) is 7.11 Å². The summed E-state index contributed by atoms with van der Waals surface area (Å²) < 4.78 is 10.1. The number of hydrogen-bond acceptors (Lipinski definition) is 4. The van der Waals surface area contributed by atoms with Crippen LogP contribution in [0, 0.1) is 0 Å². The van der Waals surface area contributed by atoms with Crippen molar-refractivity contribution in [2.24, 2.45) is 0 Å². The first-order valence-corrected chi connectivity index (χ1v) is 6.58. The smallest absolute Gasteiger partial charge is 0.341 e. The van der Waals surface area contributed by atoms with Crippen molar-refractivity contribution in [1.82, 2.24) is 4.98 Å². The third-order valence-corrected chi connectivity index (χ3v) is 3.38. The van der Waals surface area contributed by atoms with Gasteiger partial charge in [-0.25, -0.2) is 9.59 Å². The zero-order chi connectivity index (χ0) is 15.7. The first-order chi connectivity index (χ1) is 10.6. The molecule has 0 aliphatic rings. The van der Waals surface area contributed by atoms with Gasteiger partial charge < -0.3 is 19.6 Å². The molecule has 1 aromatic heterocycles. The number of aromatic amines is 1. The molecule has 0 amide bonds. The van der Waals surface area contributed by atoms with Gasteiger partial charge in [0.2, 0.25) is 0 Å². The van der Waals surface area contributed by atoms with Crippen molar-refractivity contribution in [2.45, 2.75) is 0 Å². The Hall–Kier alpha value is -3.02. The van der Waals surface area contributed by atoms with Crippen LogP contribution in [0.3, 0.4) is 0 Å². The van der Waals surface area contributed by atoms with Crippen molar-refractivity contribution in [3.63, 3.8) is 0 Å².